The van der Waals surface area contributed by atoms with E-state index in [4.69, 9.17) is 4.78 Å². The van der Waals surface area contributed by atoms with Crippen molar-refractivity contribution in [3.05, 3.63) is 12.0 Å². The average molecular weight is 322 g/mol. The molecule has 2 saturated carbocycles. The van der Waals surface area contributed by atoms with Crippen molar-refractivity contribution in [2.75, 3.05) is 17.7 Å². The molecule has 1 aromatic heterocycles. The second-order valence-electron chi connectivity index (χ2n) is 6.91. The van der Waals surface area contributed by atoms with Gasteiger partial charge in [-0.2, -0.15) is 0 Å². The van der Waals surface area contributed by atoms with Crippen molar-refractivity contribution >= 4 is 15.5 Å². The molecular formula is C15H22N4O2S. The lowest BCUT2D eigenvalue weighted by Crippen LogP contribution is -2.34. The molecule has 2 fully saturated rings. The number of nitrogens with zero attached hydrogens (tertiary/aromatic N) is 2. The van der Waals surface area contributed by atoms with Crippen LogP contribution in [-0.2, 0) is 16.1 Å². The third kappa shape index (κ3) is 2.22. The number of nitrogens with one attached hydrogen (secondary N) is 2. The molecule has 0 amide bonds. The average Bonchev–Trinajstić information content (AvgIpc) is 3.06. The fourth-order valence-corrected chi connectivity index (χ4v) is 6.34. The zero-order valence-electron chi connectivity index (χ0n) is 12.5. The molecule has 3 aliphatic rings. The maximum atomic E-state index is 12.6. The molecule has 5 atom stereocenters. The van der Waals surface area contributed by atoms with Crippen molar-refractivity contribution in [3.63, 3.8) is 0 Å². The van der Waals surface area contributed by atoms with Gasteiger partial charge in [-0.1, -0.05) is 0 Å². The Morgan fingerprint density at radius 3 is 3.00 bits per heavy atom. The number of aliphatic hydroxyl groups excluding tert-OH is 1. The Labute approximate surface area is 130 Å². The summed E-state index contributed by atoms with van der Waals surface area (Å²) in [5.41, 5.74) is 0.769. The van der Waals surface area contributed by atoms with E-state index in [-0.39, 0.29) is 12.6 Å². The number of fused-ring (bicyclic) bond motifs is 3. The molecule has 2 heterocycles. The molecule has 0 saturated heterocycles. The van der Waals surface area contributed by atoms with Gasteiger partial charge in [0.15, 0.2) is 0 Å². The van der Waals surface area contributed by atoms with Gasteiger partial charge in [0.1, 0.15) is 17.0 Å². The summed E-state index contributed by atoms with van der Waals surface area (Å²) in [5, 5.41) is 13.0. The summed E-state index contributed by atoms with van der Waals surface area (Å²) in [4.78, 5) is 9.07. The third-order valence-corrected chi connectivity index (χ3v) is 7.51. The van der Waals surface area contributed by atoms with Gasteiger partial charge in [-0.15, -0.1) is 0 Å². The van der Waals surface area contributed by atoms with Gasteiger partial charge in [0.25, 0.3) is 0 Å². The first kappa shape index (κ1) is 14.4. The summed E-state index contributed by atoms with van der Waals surface area (Å²) in [7, 11) is -2.78. The molecule has 2 aliphatic carbocycles. The first-order chi connectivity index (χ1) is 10.6. The van der Waals surface area contributed by atoms with E-state index in [1.807, 2.05) is 0 Å². The Morgan fingerprint density at radius 2 is 2.23 bits per heavy atom. The van der Waals surface area contributed by atoms with Crippen LogP contribution in [0.15, 0.2) is 11.2 Å². The summed E-state index contributed by atoms with van der Waals surface area (Å²) < 4.78 is 20.8. The maximum Gasteiger partial charge on any atom is 0.147 e. The highest BCUT2D eigenvalue weighted by molar-refractivity contribution is 7.92. The van der Waals surface area contributed by atoms with Gasteiger partial charge < -0.3 is 10.4 Å². The van der Waals surface area contributed by atoms with Gasteiger partial charge in [0.05, 0.1) is 15.4 Å². The predicted octanol–water partition coefficient (Wildman–Crippen LogP) is 1.65. The monoisotopic (exact) mass is 322 g/mol. The van der Waals surface area contributed by atoms with Crippen LogP contribution in [0.25, 0.3) is 0 Å². The van der Waals surface area contributed by atoms with E-state index in [0.717, 1.165) is 37.8 Å². The number of rotatable bonds is 3. The molecule has 120 valence electrons. The Kier molecular flexibility index (Phi) is 3.38. The van der Waals surface area contributed by atoms with Crippen LogP contribution in [0.4, 0.5) is 5.82 Å². The van der Waals surface area contributed by atoms with Gasteiger partial charge in [-0.25, -0.2) is 19.0 Å². The fourth-order valence-electron chi connectivity index (χ4n) is 4.63. The highest BCUT2D eigenvalue weighted by Gasteiger charge is 2.46. The number of aryl methyl sites for hydroxylation is 1. The van der Waals surface area contributed by atoms with Crippen LogP contribution < -0.4 is 5.32 Å². The Bertz CT molecular complexity index is 691. The largest absolute Gasteiger partial charge is 0.396 e. The number of aliphatic hydroxyl groups is 1. The number of aromatic nitrogens is 2. The lowest BCUT2D eigenvalue weighted by molar-refractivity contribution is 0.170. The summed E-state index contributed by atoms with van der Waals surface area (Å²) in [5.74, 6) is 2.51. The predicted molar refractivity (Wildman–Crippen MR) is 83.2 cm³/mol. The molecule has 0 radical (unpaired) electrons. The SMILES string of the molecule is N=S1(=O)CCCc2ncnc(N[C@@H]3CC4CC3[C@H](CO)C4)c21. The molecule has 6 nitrogen and oxygen atoms in total. The van der Waals surface area contributed by atoms with Crippen molar-refractivity contribution in [1.82, 2.24) is 9.97 Å². The minimum atomic E-state index is -2.78. The lowest BCUT2D eigenvalue weighted by atomic mass is 9.85. The van der Waals surface area contributed by atoms with Crippen molar-refractivity contribution in [2.24, 2.45) is 17.8 Å². The quantitative estimate of drug-likeness (QED) is 0.786. The number of hydrogen-bond acceptors (Lipinski definition) is 6. The molecular weight excluding hydrogens is 300 g/mol. The molecule has 1 aliphatic heterocycles. The van der Waals surface area contributed by atoms with Crippen molar-refractivity contribution in [2.45, 2.75) is 43.0 Å². The van der Waals surface area contributed by atoms with Crippen LogP contribution in [-0.4, -0.2) is 37.7 Å². The van der Waals surface area contributed by atoms with Crippen LogP contribution in [0.3, 0.4) is 0 Å². The molecule has 3 unspecified atom stereocenters. The van der Waals surface area contributed by atoms with E-state index < -0.39 is 9.73 Å². The summed E-state index contributed by atoms with van der Waals surface area (Å²) >= 11 is 0. The molecule has 0 spiro atoms. The van der Waals surface area contributed by atoms with Gasteiger partial charge in [0.2, 0.25) is 0 Å². The standard InChI is InChI=1S/C15H22N4O2S/c16-22(21)3-1-2-12-14(22)15(18-8-17-12)19-13-6-9-4-10(7-20)11(13)5-9/h8-11,13,16,20H,1-7H2,(H,17,18,19)/t9?,10-,11?,13+,22?/m0/s1. The lowest BCUT2D eigenvalue weighted by Gasteiger charge is -2.30. The highest BCUT2D eigenvalue weighted by Crippen LogP contribution is 2.49. The normalized spacial score (nSPS) is 39.7. The Hall–Kier alpha value is -1.21. The van der Waals surface area contributed by atoms with E-state index in [0.29, 0.717) is 34.2 Å². The first-order valence-electron chi connectivity index (χ1n) is 8.06. The second-order valence-corrected chi connectivity index (χ2v) is 9.08. The van der Waals surface area contributed by atoms with Crippen LogP contribution >= 0.6 is 0 Å². The zero-order valence-corrected chi connectivity index (χ0v) is 13.3. The van der Waals surface area contributed by atoms with Gasteiger partial charge in [0, 0.05) is 18.4 Å². The minimum absolute atomic E-state index is 0.246. The van der Waals surface area contributed by atoms with Crippen molar-refractivity contribution < 1.29 is 9.32 Å². The molecule has 2 bridgehead atoms. The first-order valence-corrected chi connectivity index (χ1v) is 9.79. The Morgan fingerprint density at radius 1 is 1.36 bits per heavy atom. The topological polar surface area (TPSA) is 99.0 Å². The number of anilines is 1. The molecule has 1 aromatic rings. The summed E-state index contributed by atoms with van der Waals surface area (Å²) in [6, 6.07) is 0.270. The van der Waals surface area contributed by atoms with Gasteiger partial charge >= 0.3 is 0 Å². The van der Waals surface area contributed by atoms with Crippen molar-refractivity contribution in [1.29, 1.82) is 4.78 Å². The molecule has 22 heavy (non-hydrogen) atoms. The highest BCUT2D eigenvalue weighted by atomic mass is 32.2. The Balaban J connectivity index is 1.65. The van der Waals surface area contributed by atoms with E-state index in [9.17, 15) is 9.32 Å². The zero-order chi connectivity index (χ0) is 15.3. The van der Waals surface area contributed by atoms with Crippen LogP contribution in [0.1, 0.15) is 31.4 Å². The minimum Gasteiger partial charge on any atom is -0.396 e. The van der Waals surface area contributed by atoms with Crippen LogP contribution in [0.2, 0.25) is 0 Å². The molecule has 0 aromatic carbocycles. The fraction of sp³-hybridized carbons (Fsp3) is 0.733. The van der Waals surface area contributed by atoms with E-state index in [1.165, 1.54) is 6.33 Å². The van der Waals surface area contributed by atoms with Gasteiger partial charge in [-0.3, -0.25) is 0 Å². The van der Waals surface area contributed by atoms with Crippen LogP contribution in [0.5, 0.6) is 0 Å². The summed E-state index contributed by atoms with van der Waals surface area (Å²) in [6.07, 6.45) is 6.41. The number of hydrogen-bond donors (Lipinski definition) is 3. The maximum absolute atomic E-state index is 12.6. The van der Waals surface area contributed by atoms with Crippen LogP contribution in [0, 0.1) is 22.5 Å². The third-order valence-electron chi connectivity index (χ3n) is 5.56. The smallest absolute Gasteiger partial charge is 0.147 e. The summed E-state index contributed by atoms with van der Waals surface area (Å²) in [6.45, 7) is 0.246. The molecule has 3 N–H and O–H groups in total. The van der Waals surface area contributed by atoms with E-state index in [2.05, 4.69) is 15.3 Å². The van der Waals surface area contributed by atoms with E-state index >= 15 is 0 Å². The van der Waals surface area contributed by atoms with E-state index in [1.54, 1.807) is 0 Å². The van der Waals surface area contributed by atoms with Crippen molar-refractivity contribution in [3.8, 4) is 0 Å². The second kappa shape index (κ2) is 5.16. The molecule has 4 rings (SSSR count). The van der Waals surface area contributed by atoms with Gasteiger partial charge in [-0.05, 0) is 49.9 Å². The molecule has 7 heteroatoms.